The van der Waals surface area contributed by atoms with Crippen molar-refractivity contribution in [3.63, 3.8) is 0 Å². The minimum atomic E-state index is -3.11. The highest BCUT2D eigenvalue weighted by molar-refractivity contribution is 9.11. The predicted octanol–water partition coefficient (Wildman–Crippen LogP) is 4.17. The van der Waals surface area contributed by atoms with Crippen LogP contribution < -0.4 is 5.56 Å². The molecular formula is C13H9Br2F2NO. The molecule has 0 unspecified atom stereocenters. The van der Waals surface area contributed by atoms with E-state index in [0.29, 0.717) is 4.47 Å². The zero-order chi connectivity index (χ0) is 14.0. The minimum Gasteiger partial charge on any atom is -0.307 e. The second kappa shape index (κ2) is 5.54. The molecule has 0 saturated heterocycles. The summed E-state index contributed by atoms with van der Waals surface area (Å²) in [7, 11) is 0. The highest BCUT2D eigenvalue weighted by Gasteiger charge is 2.32. The molecule has 0 aliphatic heterocycles. The van der Waals surface area contributed by atoms with Crippen molar-refractivity contribution in [1.82, 2.24) is 4.57 Å². The van der Waals surface area contributed by atoms with E-state index in [1.54, 1.807) is 18.2 Å². The number of rotatable bonds is 3. The van der Waals surface area contributed by atoms with Crippen LogP contribution in [0.4, 0.5) is 8.78 Å². The van der Waals surface area contributed by atoms with E-state index < -0.39 is 18.0 Å². The standard InChI is InChI=1S/C13H9Br2F2NO/c14-10-6-11(15)12(19)18(7-10)8-13(16,17)9-4-2-1-3-5-9/h1-7H,8H2. The van der Waals surface area contributed by atoms with Crippen LogP contribution in [0.25, 0.3) is 0 Å². The third-order valence-electron chi connectivity index (χ3n) is 2.57. The topological polar surface area (TPSA) is 22.0 Å². The first-order chi connectivity index (χ1) is 8.90. The van der Waals surface area contributed by atoms with E-state index in [-0.39, 0.29) is 10.0 Å². The van der Waals surface area contributed by atoms with Crippen molar-refractivity contribution >= 4 is 31.9 Å². The zero-order valence-electron chi connectivity index (χ0n) is 9.62. The van der Waals surface area contributed by atoms with Crippen molar-refractivity contribution in [2.24, 2.45) is 0 Å². The highest BCUT2D eigenvalue weighted by atomic mass is 79.9. The molecular weight excluding hydrogens is 384 g/mol. The lowest BCUT2D eigenvalue weighted by atomic mass is 10.1. The first-order valence-corrected chi connectivity index (χ1v) is 6.97. The second-order valence-electron chi connectivity index (χ2n) is 4.01. The lowest BCUT2D eigenvalue weighted by Gasteiger charge is -2.18. The van der Waals surface area contributed by atoms with E-state index >= 15 is 0 Å². The second-order valence-corrected chi connectivity index (χ2v) is 5.78. The molecule has 0 radical (unpaired) electrons. The first kappa shape index (κ1) is 14.4. The van der Waals surface area contributed by atoms with E-state index in [1.807, 2.05) is 0 Å². The quantitative estimate of drug-likeness (QED) is 0.768. The number of benzene rings is 1. The van der Waals surface area contributed by atoms with Gasteiger partial charge in [-0.15, -0.1) is 0 Å². The van der Waals surface area contributed by atoms with Gasteiger partial charge >= 0.3 is 0 Å². The van der Waals surface area contributed by atoms with Crippen molar-refractivity contribution < 1.29 is 8.78 Å². The summed E-state index contributed by atoms with van der Waals surface area (Å²) in [5, 5.41) is 0. The maximum Gasteiger partial charge on any atom is 0.290 e. The third kappa shape index (κ3) is 3.30. The average Bonchev–Trinajstić information content (AvgIpc) is 2.36. The number of alkyl halides is 2. The maximum absolute atomic E-state index is 14.1. The molecule has 2 aromatic rings. The largest absolute Gasteiger partial charge is 0.307 e. The summed E-state index contributed by atoms with van der Waals surface area (Å²) < 4.78 is 30.0. The van der Waals surface area contributed by atoms with E-state index in [0.717, 1.165) is 4.57 Å². The van der Waals surface area contributed by atoms with Gasteiger partial charge in [0.15, 0.2) is 0 Å². The van der Waals surface area contributed by atoms with Gasteiger partial charge in [-0.05, 0) is 37.9 Å². The number of aromatic nitrogens is 1. The van der Waals surface area contributed by atoms with E-state index in [1.165, 1.54) is 24.4 Å². The van der Waals surface area contributed by atoms with Crippen LogP contribution in [0.3, 0.4) is 0 Å². The van der Waals surface area contributed by atoms with Gasteiger partial charge in [0.1, 0.15) is 0 Å². The Morgan fingerprint density at radius 1 is 1.16 bits per heavy atom. The van der Waals surface area contributed by atoms with E-state index in [2.05, 4.69) is 31.9 Å². The summed E-state index contributed by atoms with van der Waals surface area (Å²) in [5.74, 6) is -3.11. The van der Waals surface area contributed by atoms with Gasteiger partial charge < -0.3 is 4.57 Å². The van der Waals surface area contributed by atoms with Crippen molar-refractivity contribution in [3.05, 3.63) is 67.5 Å². The molecule has 0 bridgehead atoms. The van der Waals surface area contributed by atoms with Gasteiger partial charge in [0.2, 0.25) is 0 Å². The molecule has 0 aliphatic rings. The summed E-state index contributed by atoms with van der Waals surface area (Å²) in [6.07, 6.45) is 1.35. The fourth-order valence-corrected chi connectivity index (χ4v) is 2.93. The summed E-state index contributed by atoms with van der Waals surface area (Å²) >= 11 is 6.23. The van der Waals surface area contributed by atoms with Gasteiger partial charge in [-0.25, -0.2) is 0 Å². The maximum atomic E-state index is 14.1. The molecule has 2 nitrogen and oxygen atoms in total. The van der Waals surface area contributed by atoms with Gasteiger partial charge in [-0.2, -0.15) is 8.78 Å². The van der Waals surface area contributed by atoms with Gasteiger partial charge in [0.05, 0.1) is 11.0 Å². The van der Waals surface area contributed by atoms with Crippen LogP contribution in [0.2, 0.25) is 0 Å². The summed E-state index contributed by atoms with van der Waals surface area (Å²) in [4.78, 5) is 11.8. The Bertz CT molecular complexity index is 641. The molecule has 1 aromatic heterocycles. The fourth-order valence-electron chi connectivity index (χ4n) is 1.67. The molecule has 0 atom stereocenters. The molecule has 0 saturated carbocycles. The molecule has 100 valence electrons. The van der Waals surface area contributed by atoms with Crippen molar-refractivity contribution in [1.29, 1.82) is 0 Å². The van der Waals surface area contributed by atoms with Crippen molar-refractivity contribution in [3.8, 4) is 0 Å². The Morgan fingerprint density at radius 2 is 1.79 bits per heavy atom. The molecule has 6 heteroatoms. The summed E-state index contributed by atoms with van der Waals surface area (Å²) in [5.41, 5.74) is -0.600. The number of nitrogens with zero attached hydrogens (tertiary/aromatic N) is 1. The molecule has 2 rings (SSSR count). The number of hydrogen-bond donors (Lipinski definition) is 0. The first-order valence-electron chi connectivity index (χ1n) is 5.39. The summed E-state index contributed by atoms with van der Waals surface area (Å²) in [6.45, 7) is -0.701. The number of hydrogen-bond acceptors (Lipinski definition) is 1. The molecule has 0 aliphatic carbocycles. The van der Waals surface area contributed by atoms with Gasteiger partial charge in [0, 0.05) is 16.2 Å². The molecule has 0 fully saturated rings. The van der Waals surface area contributed by atoms with Crippen LogP contribution in [-0.2, 0) is 12.5 Å². The normalized spacial score (nSPS) is 11.6. The fraction of sp³-hybridized carbons (Fsp3) is 0.154. The molecule has 19 heavy (non-hydrogen) atoms. The Labute approximate surface area is 125 Å². The van der Waals surface area contributed by atoms with Gasteiger partial charge in [-0.3, -0.25) is 4.79 Å². The van der Waals surface area contributed by atoms with Gasteiger partial charge in [-0.1, -0.05) is 30.3 Å². The number of pyridine rings is 1. The number of halogens is 4. The lowest BCUT2D eigenvalue weighted by Crippen LogP contribution is -2.29. The van der Waals surface area contributed by atoms with Gasteiger partial charge in [0.25, 0.3) is 11.5 Å². The van der Waals surface area contributed by atoms with E-state index in [9.17, 15) is 13.6 Å². The predicted molar refractivity (Wildman–Crippen MR) is 76.4 cm³/mol. The highest BCUT2D eigenvalue weighted by Crippen LogP contribution is 2.29. The smallest absolute Gasteiger partial charge is 0.290 e. The average molecular weight is 393 g/mol. The van der Waals surface area contributed by atoms with E-state index in [4.69, 9.17) is 0 Å². The summed E-state index contributed by atoms with van der Waals surface area (Å²) in [6, 6.07) is 8.97. The Balaban J connectivity index is 2.39. The molecule has 1 heterocycles. The monoisotopic (exact) mass is 391 g/mol. The van der Waals surface area contributed by atoms with Crippen LogP contribution in [0.1, 0.15) is 5.56 Å². The van der Waals surface area contributed by atoms with Crippen molar-refractivity contribution in [2.45, 2.75) is 12.5 Å². The lowest BCUT2D eigenvalue weighted by molar-refractivity contribution is -0.0232. The van der Waals surface area contributed by atoms with Crippen LogP contribution >= 0.6 is 31.9 Å². The molecule has 0 spiro atoms. The molecule has 0 amide bonds. The SMILES string of the molecule is O=c1c(Br)cc(Br)cn1CC(F)(F)c1ccccc1. The van der Waals surface area contributed by atoms with Crippen LogP contribution in [0.15, 0.2) is 56.3 Å². The minimum absolute atomic E-state index is 0.113. The van der Waals surface area contributed by atoms with Crippen LogP contribution in [0.5, 0.6) is 0 Å². The Hall–Kier alpha value is -1.01. The third-order valence-corrected chi connectivity index (χ3v) is 3.58. The van der Waals surface area contributed by atoms with Crippen LogP contribution in [0, 0.1) is 0 Å². The zero-order valence-corrected chi connectivity index (χ0v) is 12.8. The van der Waals surface area contributed by atoms with Crippen molar-refractivity contribution in [2.75, 3.05) is 0 Å². The van der Waals surface area contributed by atoms with Crippen LogP contribution in [-0.4, -0.2) is 4.57 Å². The molecule has 0 N–H and O–H groups in total. The Morgan fingerprint density at radius 3 is 2.42 bits per heavy atom. The molecule has 1 aromatic carbocycles. The Kier molecular flexibility index (Phi) is 4.20.